The molecule has 0 aliphatic heterocycles. The quantitative estimate of drug-likeness (QED) is 0.121. The van der Waals surface area contributed by atoms with Crippen LogP contribution in [-0.4, -0.2) is 36.8 Å². The van der Waals surface area contributed by atoms with Crippen LogP contribution in [0.4, 0.5) is 0 Å². The van der Waals surface area contributed by atoms with E-state index in [1.807, 2.05) is 12.1 Å². The van der Waals surface area contributed by atoms with E-state index in [4.69, 9.17) is 4.74 Å². The fourth-order valence-electron chi connectivity index (χ4n) is 5.33. The zero-order valence-corrected chi connectivity index (χ0v) is 25.2. The molecule has 0 aromatic heterocycles. The van der Waals surface area contributed by atoms with Crippen LogP contribution < -0.4 is 4.74 Å². The van der Waals surface area contributed by atoms with E-state index in [-0.39, 0.29) is 5.75 Å². The minimum Gasteiger partial charge on any atom is -0.508 e. The van der Waals surface area contributed by atoms with E-state index in [9.17, 15) is 5.11 Å². The van der Waals surface area contributed by atoms with Crippen molar-refractivity contribution in [3.8, 4) is 11.5 Å². The molecule has 0 aliphatic carbocycles. The average Bonchev–Trinajstić information content (AvgIpc) is 2.98. The van der Waals surface area contributed by atoms with Crippen LogP contribution >= 0.6 is 0 Å². The number of ether oxygens (including phenoxy) is 1. The summed E-state index contributed by atoms with van der Waals surface area (Å²) in [6.45, 7) is 7.25. The molecule has 0 saturated carbocycles. The van der Waals surface area contributed by atoms with Gasteiger partial charge in [-0.2, -0.15) is 0 Å². The maximum atomic E-state index is 9.87. The van der Waals surface area contributed by atoms with Gasteiger partial charge < -0.3 is 14.7 Å². The molecule has 3 aromatic carbocycles. The number of benzene rings is 3. The number of unbranched alkanes of at least 4 members (excludes halogenated alkanes) is 9. The van der Waals surface area contributed by atoms with Gasteiger partial charge in [-0.15, -0.1) is 0 Å². The van der Waals surface area contributed by atoms with Gasteiger partial charge >= 0.3 is 0 Å². The smallest absolute Gasteiger partial charge is 0.119 e. The van der Waals surface area contributed by atoms with Gasteiger partial charge in [-0.05, 0) is 78.5 Å². The van der Waals surface area contributed by atoms with Crippen molar-refractivity contribution in [3.63, 3.8) is 0 Å². The van der Waals surface area contributed by atoms with Crippen molar-refractivity contribution in [1.29, 1.82) is 0 Å². The Morgan fingerprint density at radius 3 is 1.75 bits per heavy atom. The van der Waals surface area contributed by atoms with Crippen LogP contribution in [-0.2, 0) is 0 Å². The fourth-order valence-corrected chi connectivity index (χ4v) is 5.33. The van der Waals surface area contributed by atoms with E-state index in [1.54, 1.807) is 12.1 Å². The number of nitrogens with zero attached hydrogens (tertiary/aromatic N) is 1. The van der Waals surface area contributed by atoms with Gasteiger partial charge in [-0.1, -0.05) is 126 Å². The lowest BCUT2D eigenvalue weighted by Crippen LogP contribution is -2.25. The van der Waals surface area contributed by atoms with Gasteiger partial charge in [0.15, 0.2) is 0 Å². The van der Waals surface area contributed by atoms with Gasteiger partial charge in [0.05, 0.1) is 0 Å². The van der Waals surface area contributed by atoms with Gasteiger partial charge in [-0.25, -0.2) is 0 Å². The van der Waals surface area contributed by atoms with Crippen LogP contribution in [0.5, 0.6) is 11.5 Å². The lowest BCUT2D eigenvalue weighted by Gasteiger charge is -2.18. The molecule has 3 rings (SSSR count). The first-order valence-corrected chi connectivity index (χ1v) is 15.6. The third-order valence-electron chi connectivity index (χ3n) is 7.71. The Balaban J connectivity index is 1.49. The van der Waals surface area contributed by atoms with E-state index >= 15 is 0 Å². The molecule has 0 heterocycles. The molecule has 216 valence electrons. The summed E-state index contributed by atoms with van der Waals surface area (Å²) in [4.78, 5) is 2.39. The Labute approximate surface area is 243 Å². The molecule has 1 N–H and O–H groups in total. The third kappa shape index (κ3) is 10.8. The summed E-state index contributed by atoms with van der Waals surface area (Å²) < 4.78 is 6.11. The number of phenols is 1. The van der Waals surface area contributed by atoms with Crippen molar-refractivity contribution in [1.82, 2.24) is 4.90 Å². The minimum absolute atomic E-state index is 0.280. The molecule has 40 heavy (non-hydrogen) atoms. The summed E-state index contributed by atoms with van der Waals surface area (Å²) in [5.41, 5.74) is 5.95. The second-order valence-corrected chi connectivity index (χ2v) is 11.0. The molecule has 0 fully saturated rings. The molecule has 0 aliphatic rings. The van der Waals surface area contributed by atoms with Crippen molar-refractivity contribution in [2.45, 2.75) is 84.5 Å². The van der Waals surface area contributed by atoms with Crippen molar-refractivity contribution in [3.05, 3.63) is 95.6 Å². The number of hydrogen-bond donors (Lipinski definition) is 1. The van der Waals surface area contributed by atoms with E-state index < -0.39 is 0 Å². The third-order valence-corrected chi connectivity index (χ3v) is 7.71. The highest BCUT2D eigenvalue weighted by Gasteiger charge is 2.13. The highest BCUT2D eigenvalue weighted by molar-refractivity contribution is 5.98. The van der Waals surface area contributed by atoms with E-state index in [0.717, 1.165) is 36.4 Å². The summed E-state index contributed by atoms with van der Waals surface area (Å²) in [7, 11) is 2.20. The molecule has 3 heteroatoms. The Kier molecular flexibility index (Phi) is 14.4. The fraction of sp³-hybridized carbons (Fsp3) is 0.459. The molecule has 0 saturated heterocycles. The molecule has 0 bridgehead atoms. The molecule has 0 spiro atoms. The molecule has 0 unspecified atom stereocenters. The van der Waals surface area contributed by atoms with Crippen molar-refractivity contribution < 1.29 is 9.84 Å². The summed E-state index contributed by atoms with van der Waals surface area (Å²) in [6, 6.07) is 26.6. The largest absolute Gasteiger partial charge is 0.508 e. The summed E-state index contributed by atoms with van der Waals surface area (Å²) in [5, 5.41) is 9.87. The predicted molar refractivity (Wildman–Crippen MR) is 172 cm³/mol. The van der Waals surface area contributed by atoms with E-state index in [0.29, 0.717) is 6.61 Å². The Hall–Kier alpha value is -3.04. The van der Waals surface area contributed by atoms with Crippen molar-refractivity contribution in [2.24, 2.45) is 0 Å². The van der Waals surface area contributed by atoms with Crippen molar-refractivity contribution in [2.75, 3.05) is 26.7 Å². The first-order chi connectivity index (χ1) is 19.6. The summed E-state index contributed by atoms with van der Waals surface area (Å²) in [5.74, 6) is 1.18. The Bertz CT molecular complexity index is 1100. The van der Waals surface area contributed by atoms with Crippen LogP contribution in [0.3, 0.4) is 0 Å². The minimum atomic E-state index is 0.280. The van der Waals surface area contributed by atoms with Crippen molar-refractivity contribution >= 4 is 11.1 Å². The molecular weight excluding hydrogens is 490 g/mol. The number of allylic oxidation sites excluding steroid dienone is 1. The lowest BCUT2D eigenvalue weighted by atomic mass is 9.88. The molecular formula is C37H51NO2. The van der Waals surface area contributed by atoms with E-state index in [1.165, 1.54) is 80.9 Å². The first-order valence-electron chi connectivity index (χ1n) is 15.6. The molecule has 3 aromatic rings. The van der Waals surface area contributed by atoms with Gasteiger partial charge in [0.25, 0.3) is 0 Å². The molecule has 0 radical (unpaired) electrons. The standard InChI is InChI=1S/C37H51NO2/c1-4-6-7-8-9-10-11-12-13-17-28-38(3)29-30-40-35-26-22-33(23-27-35)37(32-20-24-34(39)25-21-32)36(5-2)31-18-15-14-16-19-31/h14-16,18-27,39H,4-13,17,28-30H2,1-3H3/b37-36+. The number of rotatable bonds is 19. The topological polar surface area (TPSA) is 32.7 Å². The number of phenolic OH excluding ortho intramolecular Hbond substituents is 1. The first kappa shape index (κ1) is 31.5. The van der Waals surface area contributed by atoms with Crippen LogP contribution in [0.1, 0.15) is 101 Å². The van der Waals surface area contributed by atoms with Crippen LogP contribution in [0.2, 0.25) is 0 Å². The molecule has 0 atom stereocenters. The van der Waals surface area contributed by atoms with Gasteiger partial charge in [0, 0.05) is 6.54 Å². The predicted octanol–water partition coefficient (Wildman–Crippen LogP) is 9.99. The summed E-state index contributed by atoms with van der Waals surface area (Å²) >= 11 is 0. The SMILES string of the molecule is CCCCCCCCCCCCN(C)CCOc1ccc(/C(=C(\CC)c2ccccc2)c2ccc(O)cc2)cc1. The highest BCUT2D eigenvalue weighted by Crippen LogP contribution is 2.35. The number of likely N-dealkylation sites (N-methyl/N-ethyl adjacent to an activating group) is 1. The maximum Gasteiger partial charge on any atom is 0.119 e. The van der Waals surface area contributed by atoms with Gasteiger partial charge in [0.2, 0.25) is 0 Å². The van der Waals surface area contributed by atoms with Gasteiger partial charge in [-0.3, -0.25) is 0 Å². The Morgan fingerprint density at radius 1 is 0.625 bits per heavy atom. The van der Waals surface area contributed by atoms with E-state index in [2.05, 4.69) is 80.4 Å². The monoisotopic (exact) mass is 541 g/mol. The molecule has 0 amide bonds. The normalized spacial score (nSPS) is 12.0. The molecule has 3 nitrogen and oxygen atoms in total. The zero-order valence-electron chi connectivity index (χ0n) is 25.2. The Morgan fingerprint density at radius 2 is 1.18 bits per heavy atom. The van der Waals surface area contributed by atoms with Crippen LogP contribution in [0.15, 0.2) is 78.9 Å². The lowest BCUT2D eigenvalue weighted by molar-refractivity contribution is 0.234. The number of hydrogen-bond acceptors (Lipinski definition) is 3. The zero-order chi connectivity index (χ0) is 28.4. The maximum absolute atomic E-state index is 9.87. The second kappa shape index (κ2) is 18.3. The van der Waals surface area contributed by atoms with Crippen LogP contribution in [0.25, 0.3) is 11.1 Å². The van der Waals surface area contributed by atoms with Crippen LogP contribution in [0, 0.1) is 0 Å². The highest BCUT2D eigenvalue weighted by atomic mass is 16.5. The average molecular weight is 542 g/mol. The van der Waals surface area contributed by atoms with Gasteiger partial charge in [0.1, 0.15) is 18.1 Å². The number of aromatic hydroxyl groups is 1. The second-order valence-electron chi connectivity index (χ2n) is 11.0. The summed E-state index contributed by atoms with van der Waals surface area (Å²) in [6.07, 6.45) is 14.7.